The van der Waals surface area contributed by atoms with E-state index in [-0.39, 0.29) is 0 Å². The molecule has 0 spiro atoms. The van der Waals surface area contributed by atoms with Gasteiger partial charge in [-0.05, 0) is 90.5 Å². The van der Waals surface area contributed by atoms with Crippen molar-refractivity contribution in [2.24, 2.45) is 0 Å². The molecule has 8 aromatic carbocycles. The average Bonchev–Trinajstić information content (AvgIpc) is 3.28. The Kier molecular flexibility index (Phi) is 7.46. The van der Waals surface area contributed by atoms with Gasteiger partial charge in [0, 0.05) is 46.2 Å². The van der Waals surface area contributed by atoms with E-state index in [9.17, 15) is 0 Å². The van der Waals surface area contributed by atoms with Crippen molar-refractivity contribution in [1.82, 2.24) is 19.9 Å². The van der Waals surface area contributed by atoms with Gasteiger partial charge in [-0.2, -0.15) is 0 Å². The van der Waals surface area contributed by atoms with Gasteiger partial charge in [0.15, 0.2) is 5.82 Å². The van der Waals surface area contributed by atoms with Crippen LogP contribution in [0.15, 0.2) is 195 Å². The highest BCUT2D eigenvalue weighted by molar-refractivity contribution is 6.27. The SMILES string of the molecule is c1ccc(-c2ccc3ccc4c(-c5cccc(-c6cc(-c7cnc8ccccc8c7)nc(-c7ccccc7-c7cccnc7)n6)c5)ccc5ccc2c3c54)cc1. The van der Waals surface area contributed by atoms with Crippen molar-refractivity contribution < 1.29 is 0 Å². The van der Waals surface area contributed by atoms with Crippen molar-refractivity contribution in [2.45, 2.75) is 0 Å². The molecule has 0 saturated heterocycles. The zero-order valence-corrected chi connectivity index (χ0v) is 30.3. The van der Waals surface area contributed by atoms with Gasteiger partial charge in [-0.15, -0.1) is 0 Å². The van der Waals surface area contributed by atoms with Crippen LogP contribution in [0, 0.1) is 0 Å². The van der Waals surface area contributed by atoms with E-state index in [2.05, 4.69) is 145 Å². The van der Waals surface area contributed by atoms with E-state index in [1.807, 2.05) is 48.8 Å². The van der Waals surface area contributed by atoms with E-state index in [1.165, 1.54) is 49.0 Å². The molecule has 0 saturated carbocycles. The lowest BCUT2D eigenvalue weighted by atomic mass is 9.87. The zero-order chi connectivity index (χ0) is 37.0. The molecular weight excluding hydrogens is 681 g/mol. The first-order valence-electron chi connectivity index (χ1n) is 18.9. The Hall–Kier alpha value is -7.56. The molecule has 3 aromatic heterocycles. The number of fused-ring (bicyclic) bond motifs is 1. The Morgan fingerprint density at radius 2 is 0.964 bits per heavy atom. The molecule has 260 valence electrons. The van der Waals surface area contributed by atoms with Gasteiger partial charge >= 0.3 is 0 Å². The largest absolute Gasteiger partial charge is 0.264 e. The van der Waals surface area contributed by atoms with Crippen LogP contribution in [-0.2, 0) is 0 Å². The third kappa shape index (κ3) is 5.39. The lowest BCUT2D eigenvalue weighted by Crippen LogP contribution is -1.98. The number of para-hydroxylation sites is 1. The van der Waals surface area contributed by atoms with Crippen LogP contribution in [0.25, 0.3) is 111 Å². The minimum atomic E-state index is 0.646. The van der Waals surface area contributed by atoms with E-state index in [1.54, 1.807) is 6.20 Å². The van der Waals surface area contributed by atoms with Crippen LogP contribution in [0.4, 0.5) is 0 Å². The topological polar surface area (TPSA) is 51.6 Å². The molecule has 4 nitrogen and oxygen atoms in total. The normalized spacial score (nSPS) is 11.6. The summed E-state index contributed by atoms with van der Waals surface area (Å²) in [6.07, 6.45) is 5.60. The van der Waals surface area contributed by atoms with Crippen molar-refractivity contribution in [3.8, 4) is 67.3 Å². The highest BCUT2D eigenvalue weighted by Gasteiger charge is 2.18. The first-order valence-corrected chi connectivity index (χ1v) is 18.9. The van der Waals surface area contributed by atoms with Gasteiger partial charge in [-0.1, -0.05) is 146 Å². The quantitative estimate of drug-likeness (QED) is 0.161. The molecule has 3 heterocycles. The summed E-state index contributed by atoms with van der Waals surface area (Å²) in [6, 6.07) is 62.4. The molecule has 0 bridgehead atoms. The molecule has 11 aromatic rings. The van der Waals surface area contributed by atoms with Crippen molar-refractivity contribution in [3.63, 3.8) is 0 Å². The maximum Gasteiger partial charge on any atom is 0.161 e. The molecule has 0 fully saturated rings. The molecule has 56 heavy (non-hydrogen) atoms. The van der Waals surface area contributed by atoms with Crippen LogP contribution in [0.2, 0.25) is 0 Å². The number of pyridine rings is 2. The molecule has 0 atom stereocenters. The number of rotatable bonds is 6. The summed E-state index contributed by atoms with van der Waals surface area (Å²) in [5.74, 6) is 0.646. The van der Waals surface area contributed by atoms with E-state index < -0.39 is 0 Å². The Morgan fingerprint density at radius 3 is 1.73 bits per heavy atom. The van der Waals surface area contributed by atoms with Crippen LogP contribution in [-0.4, -0.2) is 19.9 Å². The predicted octanol–water partition coefficient (Wildman–Crippen LogP) is 13.3. The number of hydrogen-bond donors (Lipinski definition) is 0. The zero-order valence-electron chi connectivity index (χ0n) is 30.3. The third-order valence-electron chi connectivity index (χ3n) is 11.0. The van der Waals surface area contributed by atoms with Gasteiger partial charge in [0.1, 0.15) is 0 Å². The highest BCUT2D eigenvalue weighted by atomic mass is 14.9. The second-order valence-corrected chi connectivity index (χ2v) is 14.3. The van der Waals surface area contributed by atoms with Gasteiger partial charge in [0.2, 0.25) is 0 Å². The number of benzene rings is 8. The molecule has 0 aliphatic rings. The predicted molar refractivity (Wildman–Crippen MR) is 231 cm³/mol. The summed E-state index contributed by atoms with van der Waals surface area (Å²) in [6.45, 7) is 0. The summed E-state index contributed by atoms with van der Waals surface area (Å²) in [4.78, 5) is 19.7. The molecule has 0 amide bonds. The second-order valence-electron chi connectivity index (χ2n) is 14.3. The van der Waals surface area contributed by atoms with Gasteiger partial charge in [0.05, 0.1) is 16.9 Å². The lowest BCUT2D eigenvalue weighted by molar-refractivity contribution is 1.18. The number of hydrogen-bond acceptors (Lipinski definition) is 4. The summed E-state index contributed by atoms with van der Waals surface area (Å²) in [5.41, 5.74) is 12.3. The lowest BCUT2D eigenvalue weighted by Gasteiger charge is -2.17. The van der Waals surface area contributed by atoms with Crippen molar-refractivity contribution >= 4 is 43.2 Å². The molecule has 0 N–H and O–H groups in total. The molecule has 0 unspecified atom stereocenters. The van der Waals surface area contributed by atoms with E-state index >= 15 is 0 Å². The van der Waals surface area contributed by atoms with Crippen LogP contribution in [0.1, 0.15) is 0 Å². The van der Waals surface area contributed by atoms with Crippen molar-refractivity contribution in [3.05, 3.63) is 195 Å². The first-order chi connectivity index (χ1) is 27.7. The summed E-state index contributed by atoms with van der Waals surface area (Å²) < 4.78 is 0. The van der Waals surface area contributed by atoms with Gasteiger partial charge in [0.25, 0.3) is 0 Å². The Bertz CT molecular complexity index is 3250. The fourth-order valence-corrected chi connectivity index (χ4v) is 8.29. The molecule has 4 heteroatoms. The third-order valence-corrected chi connectivity index (χ3v) is 11.0. The van der Waals surface area contributed by atoms with Crippen molar-refractivity contribution in [1.29, 1.82) is 0 Å². The van der Waals surface area contributed by atoms with E-state index in [0.29, 0.717) is 5.82 Å². The fraction of sp³-hybridized carbons (Fsp3) is 0. The second kappa shape index (κ2) is 13.1. The van der Waals surface area contributed by atoms with Crippen molar-refractivity contribution in [2.75, 3.05) is 0 Å². The van der Waals surface area contributed by atoms with Gasteiger partial charge < -0.3 is 0 Å². The Balaban J connectivity index is 1.09. The summed E-state index contributed by atoms with van der Waals surface area (Å²) in [7, 11) is 0. The monoisotopic (exact) mass is 712 g/mol. The maximum absolute atomic E-state index is 5.30. The maximum atomic E-state index is 5.30. The molecular formula is C52H32N4. The van der Waals surface area contributed by atoms with Gasteiger partial charge in [-0.3, -0.25) is 9.97 Å². The number of nitrogens with zero attached hydrogens (tertiary/aromatic N) is 4. The first kappa shape index (κ1) is 31.9. The van der Waals surface area contributed by atoms with Crippen LogP contribution < -0.4 is 0 Å². The molecule has 0 aliphatic heterocycles. The summed E-state index contributed by atoms with van der Waals surface area (Å²) >= 11 is 0. The average molecular weight is 713 g/mol. The Labute approximate surface area is 323 Å². The molecule has 0 aliphatic carbocycles. The molecule has 11 rings (SSSR count). The standard InChI is InChI=1S/C52H32N4/c1-2-10-33(11-3-1)42-23-19-34-22-26-45-43(24-20-35-21-25-44(42)50(34)51(35)45)36-13-8-14-38(28-36)48-30-49(40-29-37-12-4-7-18-47(37)54-32-40)56-52(55-48)46-17-6-5-16-41(46)39-15-9-27-53-31-39/h1-32H. The minimum absolute atomic E-state index is 0.646. The van der Waals surface area contributed by atoms with E-state index in [4.69, 9.17) is 15.0 Å². The van der Waals surface area contributed by atoms with Gasteiger partial charge in [-0.25, -0.2) is 9.97 Å². The van der Waals surface area contributed by atoms with Crippen LogP contribution in [0.3, 0.4) is 0 Å². The number of aromatic nitrogens is 4. The molecule has 0 radical (unpaired) electrons. The van der Waals surface area contributed by atoms with Crippen LogP contribution >= 0.6 is 0 Å². The van der Waals surface area contributed by atoms with E-state index in [0.717, 1.165) is 55.7 Å². The van der Waals surface area contributed by atoms with Crippen LogP contribution in [0.5, 0.6) is 0 Å². The minimum Gasteiger partial charge on any atom is -0.264 e. The smallest absolute Gasteiger partial charge is 0.161 e. The fourth-order valence-electron chi connectivity index (χ4n) is 8.29. The summed E-state index contributed by atoms with van der Waals surface area (Å²) in [5, 5.41) is 8.66. The highest BCUT2D eigenvalue weighted by Crippen LogP contribution is 2.43. The Morgan fingerprint density at radius 1 is 0.339 bits per heavy atom.